The van der Waals surface area contributed by atoms with Gasteiger partial charge in [-0.15, -0.1) is 0 Å². The van der Waals surface area contributed by atoms with Crippen molar-refractivity contribution < 1.29 is 4.74 Å². The van der Waals surface area contributed by atoms with Gasteiger partial charge >= 0.3 is 0 Å². The molecule has 2 aliphatic rings. The number of nitrogens with one attached hydrogen (secondary N) is 1. The van der Waals surface area contributed by atoms with Crippen LogP contribution >= 0.6 is 0 Å². The van der Waals surface area contributed by atoms with E-state index in [1.54, 1.807) is 6.20 Å². The maximum atomic E-state index is 11.9. The molecule has 1 aromatic heterocycles. The van der Waals surface area contributed by atoms with Crippen molar-refractivity contribution in [1.82, 2.24) is 9.88 Å². The molecule has 0 spiro atoms. The van der Waals surface area contributed by atoms with Gasteiger partial charge in [-0.2, -0.15) is 0 Å². The third-order valence-corrected chi connectivity index (χ3v) is 5.15. The lowest BCUT2D eigenvalue weighted by atomic mass is 10.1. The fourth-order valence-corrected chi connectivity index (χ4v) is 3.70. The van der Waals surface area contributed by atoms with Crippen LogP contribution in [0.25, 0.3) is 10.8 Å². The molecule has 130 valence electrons. The summed E-state index contributed by atoms with van der Waals surface area (Å²) in [6.45, 7) is 5.21. The highest BCUT2D eigenvalue weighted by Crippen LogP contribution is 2.27. The van der Waals surface area contributed by atoms with Crippen molar-refractivity contribution in [2.45, 2.75) is 32.3 Å². The second-order valence-electron chi connectivity index (χ2n) is 7.02. The van der Waals surface area contributed by atoms with Gasteiger partial charge in [0.1, 0.15) is 11.9 Å². The highest BCUT2D eigenvalue weighted by atomic mass is 16.5. The van der Waals surface area contributed by atoms with Crippen LogP contribution in [0.2, 0.25) is 0 Å². The zero-order valence-electron chi connectivity index (χ0n) is 14.6. The number of benzene rings is 1. The number of ether oxygens (including phenoxy) is 1. The Bertz CT molecular complexity index is 886. The molecule has 4 nitrogen and oxygen atoms in total. The fourth-order valence-electron chi connectivity index (χ4n) is 3.70. The molecule has 1 aliphatic carbocycles. The van der Waals surface area contributed by atoms with Crippen molar-refractivity contribution >= 4 is 10.8 Å². The molecule has 1 saturated heterocycles. The van der Waals surface area contributed by atoms with Gasteiger partial charge in [0.15, 0.2) is 0 Å². The number of fused-ring (bicyclic) bond motifs is 1. The molecule has 25 heavy (non-hydrogen) atoms. The number of piperidine rings is 1. The Labute approximate surface area is 147 Å². The number of rotatable bonds is 4. The smallest absolute Gasteiger partial charge is 0.255 e. The van der Waals surface area contributed by atoms with E-state index in [-0.39, 0.29) is 11.7 Å². The minimum absolute atomic E-state index is 0.0456. The Kier molecular flexibility index (Phi) is 4.45. The molecule has 2 aromatic rings. The summed E-state index contributed by atoms with van der Waals surface area (Å²) in [7, 11) is 0. The Morgan fingerprint density at radius 2 is 2.12 bits per heavy atom. The molecular formula is C21H24N2O2. The molecule has 0 unspecified atom stereocenters. The Morgan fingerprint density at radius 1 is 1.28 bits per heavy atom. The number of pyridine rings is 1. The predicted octanol–water partition coefficient (Wildman–Crippen LogP) is 3.57. The van der Waals surface area contributed by atoms with Crippen LogP contribution in [0.5, 0.6) is 5.75 Å². The topological polar surface area (TPSA) is 45.3 Å². The van der Waals surface area contributed by atoms with Crippen molar-refractivity contribution in [3.05, 3.63) is 64.1 Å². The summed E-state index contributed by atoms with van der Waals surface area (Å²) in [5, 5.41) is 1.65. The molecule has 0 saturated carbocycles. The van der Waals surface area contributed by atoms with Crippen molar-refractivity contribution in [2.24, 2.45) is 0 Å². The predicted molar refractivity (Wildman–Crippen MR) is 101 cm³/mol. The third-order valence-electron chi connectivity index (χ3n) is 5.15. The van der Waals surface area contributed by atoms with E-state index in [0.29, 0.717) is 0 Å². The summed E-state index contributed by atoms with van der Waals surface area (Å²) in [5.74, 6) is 0.901. The van der Waals surface area contributed by atoms with Gasteiger partial charge in [0, 0.05) is 31.2 Å². The van der Waals surface area contributed by atoms with Crippen LogP contribution in [0.1, 0.15) is 24.8 Å². The minimum atomic E-state index is -0.0456. The molecule has 1 N–H and O–H groups in total. The third kappa shape index (κ3) is 3.54. The van der Waals surface area contributed by atoms with Crippen LogP contribution < -0.4 is 10.3 Å². The van der Waals surface area contributed by atoms with Crippen molar-refractivity contribution in [3.8, 4) is 5.75 Å². The second kappa shape index (κ2) is 6.89. The van der Waals surface area contributed by atoms with E-state index >= 15 is 0 Å². The van der Waals surface area contributed by atoms with Crippen LogP contribution in [0, 0.1) is 6.92 Å². The Morgan fingerprint density at radius 3 is 2.88 bits per heavy atom. The zero-order valence-corrected chi connectivity index (χ0v) is 14.6. The molecule has 1 aromatic carbocycles. The van der Waals surface area contributed by atoms with Crippen molar-refractivity contribution in [1.29, 1.82) is 0 Å². The number of aromatic amines is 1. The summed E-state index contributed by atoms with van der Waals surface area (Å²) in [6.07, 6.45) is 11.9. The number of aryl methyl sites for hydroxylation is 1. The van der Waals surface area contributed by atoms with E-state index < -0.39 is 0 Å². The van der Waals surface area contributed by atoms with Crippen LogP contribution in [0.15, 0.2) is 53.0 Å². The first-order chi connectivity index (χ1) is 12.2. The van der Waals surface area contributed by atoms with Crippen LogP contribution in [0.3, 0.4) is 0 Å². The number of H-pyrrole nitrogens is 1. The van der Waals surface area contributed by atoms with Gasteiger partial charge in [0.25, 0.3) is 5.56 Å². The quantitative estimate of drug-likeness (QED) is 0.928. The van der Waals surface area contributed by atoms with Crippen LogP contribution in [-0.4, -0.2) is 35.6 Å². The molecule has 0 radical (unpaired) electrons. The zero-order chi connectivity index (χ0) is 17.2. The van der Waals surface area contributed by atoms with Crippen molar-refractivity contribution in [2.75, 3.05) is 19.6 Å². The molecular weight excluding hydrogens is 312 g/mol. The standard InChI is InChI=1S/C21H24N2O2/c1-15-12-19-17(6-9-22-21(19)24)13-20(15)25-18-7-10-23(11-8-18)14-16-4-2-3-5-16/h2,4-6,9,12-13,18H,3,7-8,10-11,14H2,1H3,(H,22,24). The summed E-state index contributed by atoms with van der Waals surface area (Å²) in [5.41, 5.74) is 2.42. The molecule has 1 aliphatic heterocycles. The lowest BCUT2D eigenvalue weighted by Crippen LogP contribution is -2.39. The molecule has 0 amide bonds. The number of hydrogen-bond donors (Lipinski definition) is 1. The lowest BCUT2D eigenvalue weighted by Gasteiger charge is -2.32. The Hall–Kier alpha value is -2.33. The largest absolute Gasteiger partial charge is 0.490 e. The SMILES string of the molecule is Cc1cc2c(=O)[nH]ccc2cc1OC1CCN(CC2=CCC=C2)CC1. The molecule has 4 rings (SSSR count). The van der Waals surface area contributed by atoms with E-state index in [9.17, 15) is 4.79 Å². The first-order valence-corrected chi connectivity index (χ1v) is 9.06. The maximum Gasteiger partial charge on any atom is 0.255 e. The summed E-state index contributed by atoms with van der Waals surface area (Å²) in [4.78, 5) is 17.1. The molecule has 2 heterocycles. The number of likely N-dealkylation sites (tertiary alicyclic amines) is 1. The van der Waals surface area contributed by atoms with Gasteiger partial charge in [-0.1, -0.05) is 18.2 Å². The van der Waals surface area contributed by atoms with Gasteiger partial charge in [-0.25, -0.2) is 0 Å². The summed E-state index contributed by atoms with van der Waals surface area (Å²) in [6, 6.07) is 5.85. The number of allylic oxidation sites excluding steroid dienone is 2. The van der Waals surface area contributed by atoms with E-state index in [1.165, 1.54) is 5.57 Å². The number of nitrogens with zero attached hydrogens (tertiary/aromatic N) is 1. The molecule has 0 atom stereocenters. The fraction of sp³-hybridized carbons (Fsp3) is 0.381. The van der Waals surface area contributed by atoms with Gasteiger partial charge in [0.05, 0.1) is 0 Å². The van der Waals surface area contributed by atoms with Crippen molar-refractivity contribution in [3.63, 3.8) is 0 Å². The van der Waals surface area contributed by atoms with E-state index in [1.807, 2.05) is 25.1 Å². The maximum absolute atomic E-state index is 11.9. The molecule has 4 heteroatoms. The van der Waals surface area contributed by atoms with E-state index in [0.717, 1.165) is 61.0 Å². The van der Waals surface area contributed by atoms with Gasteiger partial charge in [-0.05, 0) is 60.9 Å². The Balaban J connectivity index is 1.41. The minimum Gasteiger partial charge on any atom is -0.490 e. The first kappa shape index (κ1) is 16.2. The average molecular weight is 336 g/mol. The van der Waals surface area contributed by atoms with Gasteiger partial charge in [-0.3, -0.25) is 9.69 Å². The first-order valence-electron chi connectivity index (χ1n) is 9.06. The number of aromatic nitrogens is 1. The van der Waals surface area contributed by atoms with E-state index in [4.69, 9.17) is 4.74 Å². The number of hydrogen-bond acceptors (Lipinski definition) is 3. The lowest BCUT2D eigenvalue weighted by molar-refractivity contribution is 0.106. The summed E-state index contributed by atoms with van der Waals surface area (Å²) >= 11 is 0. The second-order valence-corrected chi connectivity index (χ2v) is 7.02. The molecule has 1 fully saturated rings. The normalized spacial score (nSPS) is 18.7. The van der Waals surface area contributed by atoms with Crippen LogP contribution in [0.4, 0.5) is 0 Å². The summed E-state index contributed by atoms with van der Waals surface area (Å²) < 4.78 is 6.28. The average Bonchev–Trinajstić information content (AvgIpc) is 3.11. The highest BCUT2D eigenvalue weighted by Gasteiger charge is 2.21. The monoisotopic (exact) mass is 336 g/mol. The van der Waals surface area contributed by atoms with E-state index in [2.05, 4.69) is 28.1 Å². The van der Waals surface area contributed by atoms with Gasteiger partial charge in [0.2, 0.25) is 0 Å². The van der Waals surface area contributed by atoms with Gasteiger partial charge < -0.3 is 9.72 Å². The van der Waals surface area contributed by atoms with Crippen LogP contribution in [-0.2, 0) is 0 Å². The highest BCUT2D eigenvalue weighted by molar-refractivity contribution is 5.83. The molecule has 0 bridgehead atoms.